The van der Waals surface area contributed by atoms with Gasteiger partial charge in [-0.2, -0.15) is 0 Å². The molecule has 1 rings (SSSR count). The molecule has 0 saturated heterocycles. The molecule has 1 N–H and O–H groups in total. The van der Waals surface area contributed by atoms with E-state index in [2.05, 4.69) is 12.2 Å². The molecule has 0 radical (unpaired) electrons. The van der Waals surface area contributed by atoms with E-state index >= 15 is 0 Å². The minimum absolute atomic E-state index is 0.0322. The SMILES string of the molecule is CCNC(Cn1ccc(C)cc1=O)C(C)(C)OC. The summed E-state index contributed by atoms with van der Waals surface area (Å²) in [5, 5.41) is 3.38. The van der Waals surface area contributed by atoms with Crippen molar-refractivity contribution in [3.8, 4) is 0 Å². The van der Waals surface area contributed by atoms with E-state index in [0.29, 0.717) is 6.54 Å². The molecule has 0 spiro atoms. The van der Waals surface area contributed by atoms with Crippen LogP contribution >= 0.6 is 0 Å². The van der Waals surface area contributed by atoms with Crippen molar-refractivity contribution in [2.75, 3.05) is 13.7 Å². The average molecular weight is 252 g/mol. The van der Waals surface area contributed by atoms with Gasteiger partial charge in [0.05, 0.1) is 11.6 Å². The molecule has 0 aliphatic carbocycles. The van der Waals surface area contributed by atoms with Gasteiger partial charge >= 0.3 is 0 Å². The van der Waals surface area contributed by atoms with Gasteiger partial charge in [-0.1, -0.05) is 6.92 Å². The van der Waals surface area contributed by atoms with Crippen LogP contribution in [-0.2, 0) is 11.3 Å². The number of nitrogens with zero attached hydrogens (tertiary/aromatic N) is 1. The molecule has 18 heavy (non-hydrogen) atoms. The molecule has 0 bridgehead atoms. The molecule has 0 aliphatic rings. The van der Waals surface area contributed by atoms with E-state index < -0.39 is 0 Å². The molecule has 1 heterocycles. The van der Waals surface area contributed by atoms with E-state index in [-0.39, 0.29) is 17.2 Å². The van der Waals surface area contributed by atoms with Crippen molar-refractivity contribution in [1.82, 2.24) is 9.88 Å². The summed E-state index contributed by atoms with van der Waals surface area (Å²) in [5.41, 5.74) is 0.701. The highest BCUT2D eigenvalue weighted by atomic mass is 16.5. The number of aryl methyl sites for hydroxylation is 1. The summed E-state index contributed by atoms with van der Waals surface area (Å²) in [6.07, 6.45) is 1.84. The largest absolute Gasteiger partial charge is 0.377 e. The number of likely N-dealkylation sites (N-methyl/N-ethyl adjacent to an activating group) is 1. The maximum atomic E-state index is 11.9. The molecule has 0 fully saturated rings. The zero-order chi connectivity index (χ0) is 13.8. The van der Waals surface area contributed by atoms with Crippen molar-refractivity contribution in [1.29, 1.82) is 0 Å². The molecule has 102 valence electrons. The minimum atomic E-state index is -0.319. The Morgan fingerprint density at radius 2 is 2.17 bits per heavy atom. The van der Waals surface area contributed by atoms with Crippen LogP contribution in [0.25, 0.3) is 0 Å². The fourth-order valence-corrected chi connectivity index (χ4v) is 1.87. The first-order valence-electron chi connectivity index (χ1n) is 6.36. The van der Waals surface area contributed by atoms with Crippen LogP contribution in [0.4, 0.5) is 0 Å². The van der Waals surface area contributed by atoms with Crippen molar-refractivity contribution >= 4 is 0 Å². The van der Waals surface area contributed by atoms with Gasteiger partial charge in [0.2, 0.25) is 0 Å². The van der Waals surface area contributed by atoms with E-state index in [4.69, 9.17) is 4.74 Å². The van der Waals surface area contributed by atoms with Gasteiger partial charge in [-0.15, -0.1) is 0 Å². The van der Waals surface area contributed by atoms with Crippen LogP contribution in [0.1, 0.15) is 26.3 Å². The first-order valence-corrected chi connectivity index (χ1v) is 6.36. The van der Waals surface area contributed by atoms with Crippen LogP contribution in [0.5, 0.6) is 0 Å². The highest BCUT2D eigenvalue weighted by molar-refractivity contribution is 5.08. The monoisotopic (exact) mass is 252 g/mol. The van der Waals surface area contributed by atoms with Crippen LogP contribution in [-0.4, -0.2) is 29.9 Å². The lowest BCUT2D eigenvalue weighted by Crippen LogP contribution is -2.51. The van der Waals surface area contributed by atoms with E-state index in [1.165, 1.54) is 0 Å². The predicted octanol–water partition coefficient (Wildman–Crippen LogP) is 1.56. The Balaban J connectivity index is 2.93. The first-order chi connectivity index (χ1) is 8.40. The number of aromatic nitrogens is 1. The number of hydrogen-bond acceptors (Lipinski definition) is 3. The summed E-state index contributed by atoms with van der Waals surface area (Å²) in [5.74, 6) is 0. The second-order valence-corrected chi connectivity index (χ2v) is 5.11. The highest BCUT2D eigenvalue weighted by Crippen LogP contribution is 2.15. The van der Waals surface area contributed by atoms with Gasteiger partial charge in [0.25, 0.3) is 5.56 Å². The Bertz CT molecular complexity index is 438. The summed E-state index contributed by atoms with van der Waals surface area (Å²) in [7, 11) is 1.70. The zero-order valence-corrected chi connectivity index (χ0v) is 12.0. The molecule has 1 unspecified atom stereocenters. The molecule has 1 aromatic rings. The third-order valence-electron chi connectivity index (χ3n) is 3.35. The lowest BCUT2D eigenvalue weighted by atomic mass is 9.98. The Morgan fingerprint density at radius 3 is 2.67 bits per heavy atom. The topological polar surface area (TPSA) is 43.3 Å². The quantitative estimate of drug-likeness (QED) is 0.835. The summed E-state index contributed by atoms with van der Waals surface area (Å²) in [4.78, 5) is 11.9. The lowest BCUT2D eigenvalue weighted by molar-refractivity contribution is -0.0147. The maximum Gasteiger partial charge on any atom is 0.250 e. The Hall–Kier alpha value is -1.13. The standard InChI is InChI=1S/C14H24N2O2/c1-6-15-12(14(3,4)18-5)10-16-8-7-11(2)9-13(16)17/h7-9,12,15H,6,10H2,1-5H3. The van der Waals surface area contributed by atoms with Gasteiger partial charge in [0.15, 0.2) is 0 Å². The van der Waals surface area contributed by atoms with Gasteiger partial charge in [-0.05, 0) is 38.9 Å². The second-order valence-electron chi connectivity index (χ2n) is 5.11. The van der Waals surface area contributed by atoms with Crippen LogP contribution in [0.2, 0.25) is 0 Å². The molecule has 1 aromatic heterocycles. The fourth-order valence-electron chi connectivity index (χ4n) is 1.87. The number of pyridine rings is 1. The number of hydrogen-bond donors (Lipinski definition) is 1. The van der Waals surface area contributed by atoms with Crippen molar-refractivity contribution in [3.05, 3.63) is 34.2 Å². The van der Waals surface area contributed by atoms with E-state index in [0.717, 1.165) is 12.1 Å². The predicted molar refractivity (Wildman–Crippen MR) is 74.0 cm³/mol. The molecule has 1 atom stereocenters. The Kier molecular flexibility index (Phi) is 5.11. The van der Waals surface area contributed by atoms with Crippen LogP contribution < -0.4 is 10.9 Å². The number of nitrogens with one attached hydrogen (secondary N) is 1. The normalized spacial score (nSPS) is 13.6. The third kappa shape index (κ3) is 3.68. The van der Waals surface area contributed by atoms with Gasteiger partial charge in [0, 0.05) is 25.9 Å². The van der Waals surface area contributed by atoms with E-state index in [1.54, 1.807) is 17.7 Å². The Morgan fingerprint density at radius 1 is 1.50 bits per heavy atom. The third-order valence-corrected chi connectivity index (χ3v) is 3.35. The Labute approximate surface area is 109 Å². The molecular formula is C14H24N2O2. The molecule has 0 saturated carbocycles. The van der Waals surface area contributed by atoms with Gasteiger partial charge < -0.3 is 14.6 Å². The van der Waals surface area contributed by atoms with Crippen LogP contribution in [0, 0.1) is 6.92 Å². The summed E-state index contributed by atoms with van der Waals surface area (Å²) >= 11 is 0. The number of ether oxygens (including phenoxy) is 1. The highest BCUT2D eigenvalue weighted by Gasteiger charge is 2.28. The minimum Gasteiger partial charge on any atom is -0.377 e. The van der Waals surface area contributed by atoms with Crippen molar-refractivity contribution in [2.45, 2.75) is 45.9 Å². The maximum absolute atomic E-state index is 11.9. The molecule has 0 aromatic carbocycles. The van der Waals surface area contributed by atoms with Crippen molar-refractivity contribution < 1.29 is 4.74 Å². The summed E-state index contributed by atoms with van der Waals surface area (Å²) in [6, 6.07) is 3.69. The molecule has 4 heteroatoms. The number of rotatable bonds is 6. The average Bonchev–Trinajstić information content (AvgIpc) is 2.31. The van der Waals surface area contributed by atoms with Crippen molar-refractivity contribution in [3.63, 3.8) is 0 Å². The fraction of sp³-hybridized carbons (Fsp3) is 0.643. The first kappa shape index (κ1) is 14.9. The smallest absolute Gasteiger partial charge is 0.250 e. The molecule has 4 nitrogen and oxygen atoms in total. The van der Waals surface area contributed by atoms with Gasteiger partial charge in [0.1, 0.15) is 0 Å². The van der Waals surface area contributed by atoms with Gasteiger partial charge in [-0.25, -0.2) is 0 Å². The van der Waals surface area contributed by atoms with Crippen molar-refractivity contribution in [2.24, 2.45) is 0 Å². The van der Waals surface area contributed by atoms with E-state index in [1.807, 2.05) is 33.0 Å². The zero-order valence-electron chi connectivity index (χ0n) is 12.0. The number of methoxy groups -OCH3 is 1. The lowest BCUT2D eigenvalue weighted by Gasteiger charge is -2.34. The van der Waals surface area contributed by atoms with Crippen LogP contribution in [0.15, 0.2) is 23.1 Å². The molecule has 0 amide bonds. The van der Waals surface area contributed by atoms with Gasteiger partial charge in [-0.3, -0.25) is 4.79 Å². The second kappa shape index (κ2) is 6.16. The van der Waals surface area contributed by atoms with E-state index in [9.17, 15) is 4.79 Å². The van der Waals surface area contributed by atoms with Crippen LogP contribution in [0.3, 0.4) is 0 Å². The summed E-state index contributed by atoms with van der Waals surface area (Å²) < 4.78 is 7.23. The summed E-state index contributed by atoms with van der Waals surface area (Å²) in [6.45, 7) is 9.48. The molecular weight excluding hydrogens is 228 g/mol. The molecule has 0 aliphatic heterocycles.